The van der Waals surface area contributed by atoms with Crippen molar-refractivity contribution < 1.29 is 0 Å². The molecular weight excluding hydrogens is 280 g/mol. The van der Waals surface area contributed by atoms with Crippen LogP contribution in [0.15, 0.2) is 24.3 Å². The van der Waals surface area contributed by atoms with Crippen LogP contribution in [0.2, 0.25) is 0 Å². The van der Waals surface area contributed by atoms with Gasteiger partial charge in [0.15, 0.2) is 0 Å². The first-order chi connectivity index (χ1) is 10.9. The average molecular weight is 308 g/mol. The van der Waals surface area contributed by atoms with Gasteiger partial charge in [-0.2, -0.15) is 0 Å². The Kier molecular flexibility index (Phi) is 4.20. The van der Waals surface area contributed by atoms with E-state index in [1.807, 2.05) is 0 Å². The van der Waals surface area contributed by atoms with Crippen molar-refractivity contribution in [1.82, 2.24) is 5.32 Å². The highest BCUT2D eigenvalue weighted by Crippen LogP contribution is 2.37. The summed E-state index contributed by atoms with van der Waals surface area (Å²) in [6.45, 7) is 15.3. The summed E-state index contributed by atoms with van der Waals surface area (Å²) in [7, 11) is 0. The number of benzene rings is 2. The molecule has 23 heavy (non-hydrogen) atoms. The van der Waals surface area contributed by atoms with E-state index in [4.69, 9.17) is 0 Å². The molecule has 0 amide bonds. The van der Waals surface area contributed by atoms with Crippen molar-refractivity contribution in [3.8, 4) is 0 Å². The summed E-state index contributed by atoms with van der Waals surface area (Å²) in [4.78, 5) is 2.55. The normalized spacial score (nSPS) is 17.8. The third-order valence-electron chi connectivity index (χ3n) is 4.99. The van der Waals surface area contributed by atoms with Crippen molar-refractivity contribution in [3.05, 3.63) is 63.2 Å². The summed E-state index contributed by atoms with van der Waals surface area (Å²) in [6.07, 6.45) is 0. The second kappa shape index (κ2) is 6.01. The van der Waals surface area contributed by atoms with Gasteiger partial charge in [0, 0.05) is 12.2 Å². The van der Waals surface area contributed by atoms with Gasteiger partial charge in [-0.05, 0) is 69.4 Å². The molecule has 0 spiro atoms. The number of aryl methyl sites for hydroxylation is 6. The molecule has 1 unspecified atom stereocenters. The Bertz CT molecular complexity index is 636. The minimum absolute atomic E-state index is 0.413. The van der Waals surface area contributed by atoms with Gasteiger partial charge in [-0.25, -0.2) is 0 Å². The van der Waals surface area contributed by atoms with Crippen LogP contribution >= 0.6 is 0 Å². The Morgan fingerprint density at radius 3 is 1.78 bits per heavy atom. The van der Waals surface area contributed by atoms with E-state index in [1.54, 1.807) is 0 Å². The summed E-state index contributed by atoms with van der Waals surface area (Å²) in [5.74, 6) is 0. The standard InChI is InChI=1S/C21H28N2/c1-13-7-15(3)20(16(4)8-13)19-11-22-12-23(19)21-17(5)9-14(2)10-18(21)6/h7-10,19,22H,11-12H2,1-6H3. The molecule has 1 saturated heterocycles. The van der Waals surface area contributed by atoms with Gasteiger partial charge in [-0.15, -0.1) is 0 Å². The number of nitrogens with zero attached hydrogens (tertiary/aromatic N) is 1. The molecule has 122 valence electrons. The van der Waals surface area contributed by atoms with E-state index >= 15 is 0 Å². The second-order valence-electron chi connectivity index (χ2n) is 7.16. The summed E-state index contributed by atoms with van der Waals surface area (Å²) >= 11 is 0. The molecular formula is C21H28N2. The zero-order valence-corrected chi connectivity index (χ0v) is 15.2. The molecule has 1 N–H and O–H groups in total. The lowest BCUT2D eigenvalue weighted by Gasteiger charge is -2.31. The molecule has 2 nitrogen and oxygen atoms in total. The first kappa shape index (κ1) is 16.1. The number of nitrogens with one attached hydrogen (secondary N) is 1. The van der Waals surface area contributed by atoms with Crippen molar-refractivity contribution >= 4 is 5.69 Å². The molecule has 1 atom stereocenters. The van der Waals surface area contributed by atoms with E-state index in [2.05, 4.69) is 76.0 Å². The van der Waals surface area contributed by atoms with Crippen molar-refractivity contribution in [3.63, 3.8) is 0 Å². The molecule has 0 radical (unpaired) electrons. The Hall–Kier alpha value is -1.80. The maximum absolute atomic E-state index is 3.58. The van der Waals surface area contributed by atoms with E-state index in [-0.39, 0.29) is 0 Å². The lowest BCUT2D eigenvalue weighted by molar-refractivity contribution is 0.739. The van der Waals surface area contributed by atoms with Crippen LogP contribution in [0.25, 0.3) is 0 Å². The molecule has 1 fully saturated rings. The van der Waals surface area contributed by atoms with Crippen molar-refractivity contribution in [2.45, 2.75) is 47.6 Å². The van der Waals surface area contributed by atoms with Gasteiger partial charge in [0.1, 0.15) is 0 Å². The van der Waals surface area contributed by atoms with Crippen LogP contribution in [0.4, 0.5) is 5.69 Å². The van der Waals surface area contributed by atoms with Gasteiger partial charge in [0.25, 0.3) is 0 Å². The zero-order chi connectivity index (χ0) is 16.7. The quantitative estimate of drug-likeness (QED) is 0.869. The van der Waals surface area contributed by atoms with Crippen molar-refractivity contribution in [2.75, 3.05) is 18.1 Å². The predicted octanol–water partition coefficient (Wildman–Crippen LogP) is 4.65. The van der Waals surface area contributed by atoms with E-state index in [0.29, 0.717) is 6.04 Å². The summed E-state index contributed by atoms with van der Waals surface area (Å²) in [6, 6.07) is 9.64. The third-order valence-corrected chi connectivity index (χ3v) is 4.99. The van der Waals surface area contributed by atoms with Crippen LogP contribution < -0.4 is 10.2 Å². The van der Waals surface area contributed by atoms with Gasteiger partial charge >= 0.3 is 0 Å². The van der Waals surface area contributed by atoms with Gasteiger partial charge in [0.05, 0.1) is 12.7 Å². The maximum Gasteiger partial charge on any atom is 0.0690 e. The number of hydrogen-bond donors (Lipinski definition) is 1. The maximum atomic E-state index is 3.58. The highest BCUT2D eigenvalue weighted by molar-refractivity contribution is 5.63. The fourth-order valence-electron chi connectivity index (χ4n) is 4.38. The van der Waals surface area contributed by atoms with Gasteiger partial charge in [-0.3, -0.25) is 5.32 Å². The largest absolute Gasteiger partial charge is 0.350 e. The molecule has 0 aliphatic carbocycles. The Balaban J connectivity index is 2.09. The van der Waals surface area contributed by atoms with Gasteiger partial charge in [-0.1, -0.05) is 35.4 Å². The summed E-state index contributed by atoms with van der Waals surface area (Å²) in [5.41, 5.74) is 11.1. The van der Waals surface area contributed by atoms with Crippen LogP contribution in [0, 0.1) is 41.5 Å². The SMILES string of the molecule is Cc1cc(C)c(C2CNCN2c2c(C)cc(C)cc2C)c(C)c1. The minimum Gasteiger partial charge on any atom is -0.350 e. The van der Waals surface area contributed by atoms with Crippen LogP contribution in [0.1, 0.15) is 45.0 Å². The summed E-state index contributed by atoms with van der Waals surface area (Å²) in [5, 5.41) is 3.58. The predicted molar refractivity (Wildman–Crippen MR) is 99.4 cm³/mol. The van der Waals surface area contributed by atoms with E-state index < -0.39 is 0 Å². The Morgan fingerprint density at radius 1 is 0.783 bits per heavy atom. The molecule has 0 bridgehead atoms. The van der Waals surface area contributed by atoms with Crippen LogP contribution in [-0.4, -0.2) is 13.2 Å². The first-order valence-corrected chi connectivity index (χ1v) is 8.51. The zero-order valence-electron chi connectivity index (χ0n) is 15.2. The van der Waals surface area contributed by atoms with Crippen molar-refractivity contribution in [1.29, 1.82) is 0 Å². The number of hydrogen-bond acceptors (Lipinski definition) is 2. The third kappa shape index (κ3) is 2.88. The molecule has 1 heterocycles. The summed E-state index contributed by atoms with van der Waals surface area (Å²) < 4.78 is 0. The second-order valence-corrected chi connectivity index (χ2v) is 7.16. The highest BCUT2D eigenvalue weighted by Gasteiger charge is 2.30. The number of anilines is 1. The molecule has 1 aliphatic heterocycles. The molecule has 2 aromatic carbocycles. The van der Waals surface area contributed by atoms with Crippen LogP contribution in [0.5, 0.6) is 0 Å². The molecule has 0 aromatic heterocycles. The highest BCUT2D eigenvalue weighted by atomic mass is 15.3. The van der Waals surface area contributed by atoms with Crippen LogP contribution in [0.3, 0.4) is 0 Å². The Morgan fingerprint density at radius 2 is 1.26 bits per heavy atom. The first-order valence-electron chi connectivity index (χ1n) is 8.51. The topological polar surface area (TPSA) is 15.3 Å². The Labute approximate surface area is 140 Å². The van der Waals surface area contributed by atoms with Crippen LogP contribution in [-0.2, 0) is 0 Å². The van der Waals surface area contributed by atoms with Crippen molar-refractivity contribution in [2.24, 2.45) is 0 Å². The molecule has 3 rings (SSSR count). The fraction of sp³-hybridized carbons (Fsp3) is 0.429. The van der Waals surface area contributed by atoms with E-state index in [0.717, 1.165) is 13.2 Å². The monoisotopic (exact) mass is 308 g/mol. The lowest BCUT2D eigenvalue weighted by atomic mass is 9.92. The van der Waals surface area contributed by atoms with Gasteiger partial charge in [0.2, 0.25) is 0 Å². The van der Waals surface area contributed by atoms with Gasteiger partial charge < -0.3 is 4.90 Å². The molecule has 1 aliphatic rings. The average Bonchev–Trinajstić information content (AvgIpc) is 2.85. The lowest BCUT2D eigenvalue weighted by Crippen LogP contribution is -2.27. The van der Waals surface area contributed by atoms with E-state index in [9.17, 15) is 0 Å². The molecule has 0 saturated carbocycles. The minimum atomic E-state index is 0.413. The molecule has 2 aromatic rings. The van der Waals surface area contributed by atoms with E-state index in [1.165, 1.54) is 44.6 Å². The number of rotatable bonds is 2. The molecule has 2 heteroatoms. The fourth-order valence-corrected chi connectivity index (χ4v) is 4.38. The smallest absolute Gasteiger partial charge is 0.0690 e.